The first-order valence-corrected chi connectivity index (χ1v) is 7.65. The van der Waals surface area contributed by atoms with Crippen molar-refractivity contribution in [2.75, 3.05) is 0 Å². The molecule has 2 N–H and O–H groups in total. The quantitative estimate of drug-likeness (QED) is 0.844. The van der Waals surface area contributed by atoms with Crippen molar-refractivity contribution in [3.63, 3.8) is 0 Å². The summed E-state index contributed by atoms with van der Waals surface area (Å²) in [5, 5.41) is 13.1. The Morgan fingerprint density at radius 3 is 3.14 bits per heavy atom. The van der Waals surface area contributed by atoms with E-state index in [1.165, 1.54) is 0 Å². The first-order chi connectivity index (χ1) is 10.7. The number of aromatic nitrogens is 2. The highest BCUT2D eigenvalue weighted by molar-refractivity contribution is 5.76. The van der Waals surface area contributed by atoms with Gasteiger partial charge in [-0.15, -0.1) is 0 Å². The molecule has 1 unspecified atom stereocenters. The van der Waals surface area contributed by atoms with Gasteiger partial charge in [0, 0.05) is 25.4 Å². The smallest absolute Gasteiger partial charge is 0.220 e. The van der Waals surface area contributed by atoms with Crippen molar-refractivity contribution in [1.29, 1.82) is 0 Å². The number of nitrogens with one attached hydrogen (secondary N) is 1. The van der Waals surface area contributed by atoms with Gasteiger partial charge in [-0.2, -0.15) is 0 Å². The predicted octanol–water partition coefficient (Wildman–Crippen LogP) is 1.36. The summed E-state index contributed by atoms with van der Waals surface area (Å²) >= 11 is 0. The van der Waals surface area contributed by atoms with Gasteiger partial charge in [-0.1, -0.05) is 0 Å². The zero-order valence-corrected chi connectivity index (χ0v) is 12.4. The van der Waals surface area contributed by atoms with Crippen LogP contribution >= 0.6 is 0 Å². The van der Waals surface area contributed by atoms with Crippen molar-refractivity contribution in [3.8, 4) is 0 Å². The Balaban J connectivity index is 1.44. The summed E-state index contributed by atoms with van der Waals surface area (Å²) < 4.78 is 7.00. The number of aliphatic hydroxyl groups is 1. The number of carbonyl (C=O) groups excluding carboxylic acids is 1. The third-order valence-corrected chi connectivity index (χ3v) is 4.22. The van der Waals surface area contributed by atoms with Crippen molar-refractivity contribution in [3.05, 3.63) is 42.9 Å². The molecule has 118 valence electrons. The Kier molecular flexibility index (Phi) is 4.58. The van der Waals surface area contributed by atoms with Crippen LogP contribution in [0.2, 0.25) is 0 Å². The van der Waals surface area contributed by atoms with Gasteiger partial charge in [-0.05, 0) is 36.8 Å². The molecular formula is C16H21N3O3. The fraction of sp³-hybridized carbons (Fsp3) is 0.500. The number of nitrogens with zero attached hydrogens (tertiary/aromatic N) is 2. The van der Waals surface area contributed by atoms with Gasteiger partial charge in [0.1, 0.15) is 0 Å². The van der Waals surface area contributed by atoms with Crippen LogP contribution in [0, 0.1) is 5.92 Å². The molecule has 0 radical (unpaired) electrons. The number of aryl methyl sites for hydroxylation is 1. The van der Waals surface area contributed by atoms with Gasteiger partial charge in [0.05, 0.1) is 31.0 Å². The molecule has 6 heteroatoms. The van der Waals surface area contributed by atoms with Crippen molar-refractivity contribution >= 4 is 5.91 Å². The Hall–Kier alpha value is -2.08. The van der Waals surface area contributed by atoms with E-state index in [1.54, 1.807) is 25.1 Å². The van der Waals surface area contributed by atoms with E-state index < -0.39 is 6.10 Å². The SMILES string of the molecule is O=C(CCc1ccoc1)N[C@@H]1CC(Cn2ccnc2)C[C@H]1O. The summed E-state index contributed by atoms with van der Waals surface area (Å²) in [6.07, 6.45) is 10.8. The molecule has 0 aliphatic heterocycles. The molecular weight excluding hydrogens is 282 g/mol. The normalized spacial score (nSPS) is 24.5. The van der Waals surface area contributed by atoms with E-state index in [0.717, 1.165) is 18.5 Å². The highest BCUT2D eigenvalue weighted by atomic mass is 16.3. The van der Waals surface area contributed by atoms with Crippen LogP contribution < -0.4 is 5.32 Å². The second-order valence-electron chi connectivity index (χ2n) is 5.97. The summed E-state index contributed by atoms with van der Waals surface area (Å²) in [6.45, 7) is 0.832. The number of aliphatic hydroxyl groups excluding tert-OH is 1. The minimum atomic E-state index is -0.466. The van der Waals surface area contributed by atoms with Crippen LogP contribution in [0.3, 0.4) is 0 Å². The van der Waals surface area contributed by atoms with Gasteiger partial charge in [0.2, 0.25) is 5.91 Å². The monoisotopic (exact) mass is 303 g/mol. The number of hydrogen-bond donors (Lipinski definition) is 2. The molecule has 0 aromatic carbocycles. The first-order valence-electron chi connectivity index (χ1n) is 7.65. The molecule has 0 saturated heterocycles. The van der Waals surface area contributed by atoms with Crippen LogP contribution in [-0.2, 0) is 17.8 Å². The molecule has 1 aliphatic carbocycles. The Labute approximate surface area is 129 Å². The largest absolute Gasteiger partial charge is 0.472 e. The molecule has 2 aromatic rings. The van der Waals surface area contributed by atoms with Crippen molar-refractivity contribution in [1.82, 2.24) is 14.9 Å². The summed E-state index contributed by atoms with van der Waals surface area (Å²) in [5.74, 6) is 0.344. The highest BCUT2D eigenvalue weighted by Crippen LogP contribution is 2.27. The number of imidazole rings is 1. The second kappa shape index (κ2) is 6.79. The fourth-order valence-electron chi connectivity index (χ4n) is 3.09. The van der Waals surface area contributed by atoms with E-state index in [-0.39, 0.29) is 11.9 Å². The van der Waals surface area contributed by atoms with Crippen LogP contribution in [0.5, 0.6) is 0 Å². The summed E-state index contributed by atoms with van der Waals surface area (Å²) in [6, 6.07) is 1.71. The minimum Gasteiger partial charge on any atom is -0.472 e. The lowest BCUT2D eigenvalue weighted by atomic mass is 10.1. The molecule has 1 aliphatic rings. The van der Waals surface area contributed by atoms with Crippen molar-refractivity contribution in [2.24, 2.45) is 5.92 Å². The standard InChI is InChI=1S/C16H21N3O3/c20-15-8-13(9-19-5-4-17-11-19)7-14(15)18-16(21)2-1-12-3-6-22-10-12/h3-6,10-11,13-15,20H,1-2,7-9H2,(H,18,21)/t13?,14-,15-/m1/s1. The third kappa shape index (κ3) is 3.76. The predicted molar refractivity (Wildman–Crippen MR) is 79.9 cm³/mol. The van der Waals surface area contributed by atoms with Gasteiger partial charge in [-0.25, -0.2) is 4.98 Å². The first kappa shape index (κ1) is 14.8. The average molecular weight is 303 g/mol. The molecule has 3 rings (SSSR count). The summed E-state index contributed by atoms with van der Waals surface area (Å²) in [4.78, 5) is 16.0. The minimum absolute atomic E-state index is 0.0199. The van der Waals surface area contributed by atoms with Crippen LogP contribution in [-0.4, -0.2) is 32.7 Å². The average Bonchev–Trinajstić information content (AvgIpc) is 3.21. The third-order valence-electron chi connectivity index (χ3n) is 4.22. The molecule has 0 bridgehead atoms. The number of rotatable bonds is 6. The molecule has 6 nitrogen and oxygen atoms in total. The molecule has 22 heavy (non-hydrogen) atoms. The van der Waals surface area contributed by atoms with Crippen molar-refractivity contribution in [2.45, 2.75) is 44.4 Å². The van der Waals surface area contributed by atoms with Crippen LogP contribution in [0.15, 0.2) is 41.7 Å². The number of hydrogen-bond acceptors (Lipinski definition) is 4. The number of carbonyl (C=O) groups is 1. The molecule has 1 saturated carbocycles. The lowest BCUT2D eigenvalue weighted by Gasteiger charge is -2.16. The molecule has 2 heterocycles. The Bertz CT molecular complexity index is 580. The lowest BCUT2D eigenvalue weighted by molar-refractivity contribution is -0.122. The van der Waals surface area contributed by atoms with Gasteiger partial charge < -0.3 is 19.4 Å². The zero-order valence-electron chi connectivity index (χ0n) is 12.4. The van der Waals surface area contributed by atoms with E-state index in [0.29, 0.717) is 25.2 Å². The Morgan fingerprint density at radius 1 is 1.50 bits per heavy atom. The van der Waals surface area contributed by atoms with Crippen LogP contribution in [0.4, 0.5) is 0 Å². The zero-order chi connectivity index (χ0) is 15.4. The Morgan fingerprint density at radius 2 is 2.41 bits per heavy atom. The van der Waals surface area contributed by atoms with Crippen LogP contribution in [0.25, 0.3) is 0 Å². The van der Waals surface area contributed by atoms with E-state index in [1.807, 2.05) is 16.8 Å². The van der Waals surface area contributed by atoms with Gasteiger partial charge in [0.15, 0.2) is 0 Å². The van der Waals surface area contributed by atoms with E-state index in [4.69, 9.17) is 4.42 Å². The molecule has 1 fully saturated rings. The maximum atomic E-state index is 12.0. The molecule has 0 spiro atoms. The molecule has 1 amide bonds. The number of amides is 1. The molecule has 2 aromatic heterocycles. The summed E-state index contributed by atoms with van der Waals surface area (Å²) in [5.41, 5.74) is 1.01. The van der Waals surface area contributed by atoms with E-state index >= 15 is 0 Å². The van der Waals surface area contributed by atoms with E-state index in [9.17, 15) is 9.90 Å². The van der Waals surface area contributed by atoms with Gasteiger partial charge in [0.25, 0.3) is 0 Å². The fourth-order valence-corrected chi connectivity index (χ4v) is 3.09. The maximum Gasteiger partial charge on any atom is 0.220 e. The number of furan rings is 1. The topological polar surface area (TPSA) is 80.3 Å². The highest BCUT2D eigenvalue weighted by Gasteiger charge is 2.33. The lowest BCUT2D eigenvalue weighted by Crippen LogP contribution is -2.40. The summed E-state index contributed by atoms with van der Waals surface area (Å²) in [7, 11) is 0. The van der Waals surface area contributed by atoms with E-state index in [2.05, 4.69) is 10.3 Å². The van der Waals surface area contributed by atoms with Crippen molar-refractivity contribution < 1.29 is 14.3 Å². The van der Waals surface area contributed by atoms with Gasteiger partial charge >= 0.3 is 0 Å². The van der Waals surface area contributed by atoms with Crippen LogP contribution in [0.1, 0.15) is 24.8 Å². The maximum absolute atomic E-state index is 12.0. The van der Waals surface area contributed by atoms with Gasteiger partial charge in [-0.3, -0.25) is 4.79 Å². The second-order valence-corrected chi connectivity index (χ2v) is 5.97. The molecule has 3 atom stereocenters.